The molecule has 0 fully saturated rings. The molecular formula is C26H24N2O5S. The Kier molecular flexibility index (Phi) is 5.02. The van der Waals surface area contributed by atoms with Gasteiger partial charge in [0.2, 0.25) is 0 Å². The number of aromatic nitrogens is 2. The minimum atomic E-state index is -3.12. The highest BCUT2D eigenvalue weighted by molar-refractivity contribution is 7.89. The first-order valence-corrected chi connectivity index (χ1v) is 12.9. The van der Waals surface area contributed by atoms with E-state index in [2.05, 4.69) is 18.8 Å². The maximum atomic E-state index is 12.5. The van der Waals surface area contributed by atoms with Crippen LogP contribution in [0.1, 0.15) is 25.0 Å². The molecule has 5 rings (SSSR count). The van der Waals surface area contributed by atoms with E-state index in [0.717, 1.165) is 38.8 Å². The normalized spacial score (nSPS) is 14.7. The minimum absolute atomic E-state index is 0.00289. The summed E-state index contributed by atoms with van der Waals surface area (Å²) in [6, 6.07) is 16.7. The Labute approximate surface area is 196 Å². The molecule has 0 unspecified atom stereocenters. The van der Waals surface area contributed by atoms with Gasteiger partial charge in [-0.05, 0) is 40.1 Å². The van der Waals surface area contributed by atoms with Gasteiger partial charge in [0.05, 0.1) is 18.0 Å². The highest BCUT2D eigenvalue weighted by Gasteiger charge is 2.34. The number of nitrogens with zero attached hydrogens (tertiary/aromatic N) is 1. The average Bonchev–Trinajstić information content (AvgIpc) is 3.06. The van der Waals surface area contributed by atoms with E-state index < -0.39 is 21.1 Å². The van der Waals surface area contributed by atoms with Crippen molar-refractivity contribution < 1.29 is 13.2 Å². The first-order valence-electron chi connectivity index (χ1n) is 10.8. The van der Waals surface area contributed by atoms with Crippen molar-refractivity contribution in [2.75, 3.05) is 12.9 Å². The Morgan fingerprint density at radius 2 is 1.74 bits per heavy atom. The van der Waals surface area contributed by atoms with Gasteiger partial charge < -0.3 is 4.74 Å². The molecule has 0 bridgehead atoms. The number of ether oxygens (including phenoxy) is 1. The van der Waals surface area contributed by atoms with Crippen LogP contribution in [-0.2, 0) is 21.0 Å². The Morgan fingerprint density at radius 3 is 2.47 bits per heavy atom. The van der Waals surface area contributed by atoms with Gasteiger partial charge in [-0.2, -0.15) is 0 Å². The van der Waals surface area contributed by atoms with Crippen molar-refractivity contribution in [2.45, 2.75) is 25.0 Å². The molecule has 4 aromatic rings. The van der Waals surface area contributed by atoms with Crippen LogP contribution in [-0.4, -0.2) is 30.8 Å². The summed E-state index contributed by atoms with van der Waals surface area (Å²) >= 11 is 0. The molecule has 0 amide bonds. The molecule has 34 heavy (non-hydrogen) atoms. The third kappa shape index (κ3) is 4.05. The van der Waals surface area contributed by atoms with Gasteiger partial charge in [0.15, 0.2) is 9.84 Å². The second-order valence-corrected chi connectivity index (χ2v) is 11.6. The van der Waals surface area contributed by atoms with Crippen LogP contribution in [0.3, 0.4) is 0 Å². The van der Waals surface area contributed by atoms with Gasteiger partial charge in [0, 0.05) is 35.1 Å². The summed E-state index contributed by atoms with van der Waals surface area (Å²) in [6.07, 6.45) is 2.70. The molecule has 2 heterocycles. The van der Waals surface area contributed by atoms with Gasteiger partial charge >= 0.3 is 5.69 Å². The highest BCUT2D eigenvalue weighted by Crippen LogP contribution is 2.46. The average molecular weight is 477 g/mol. The lowest BCUT2D eigenvalue weighted by atomic mass is 9.84. The Bertz CT molecular complexity index is 1680. The minimum Gasteiger partial charge on any atom is -0.492 e. The zero-order valence-electron chi connectivity index (χ0n) is 19.1. The molecule has 3 aromatic carbocycles. The first-order chi connectivity index (χ1) is 16.0. The van der Waals surface area contributed by atoms with Crippen LogP contribution >= 0.6 is 0 Å². The lowest BCUT2D eigenvalue weighted by Crippen LogP contribution is -2.27. The van der Waals surface area contributed by atoms with Gasteiger partial charge in [-0.15, -0.1) is 0 Å². The molecule has 8 heteroatoms. The van der Waals surface area contributed by atoms with Crippen molar-refractivity contribution in [3.63, 3.8) is 0 Å². The zero-order valence-corrected chi connectivity index (χ0v) is 19.9. The molecule has 0 saturated heterocycles. The fourth-order valence-corrected chi connectivity index (χ4v) is 5.22. The lowest BCUT2D eigenvalue weighted by molar-refractivity contribution is 0.292. The van der Waals surface area contributed by atoms with Crippen LogP contribution in [0, 0.1) is 0 Å². The van der Waals surface area contributed by atoms with Crippen LogP contribution in [0.2, 0.25) is 0 Å². The third-order valence-electron chi connectivity index (χ3n) is 6.13. The molecule has 0 spiro atoms. The van der Waals surface area contributed by atoms with E-state index in [9.17, 15) is 18.0 Å². The topological polar surface area (TPSA) is 98.2 Å². The van der Waals surface area contributed by atoms with Crippen molar-refractivity contribution in [3.05, 3.63) is 92.8 Å². The summed E-state index contributed by atoms with van der Waals surface area (Å²) in [4.78, 5) is 26.4. The van der Waals surface area contributed by atoms with Gasteiger partial charge in [-0.3, -0.25) is 14.3 Å². The molecule has 0 saturated carbocycles. The number of rotatable bonds is 4. The third-order valence-corrected chi connectivity index (χ3v) is 6.98. The fourth-order valence-electron chi connectivity index (χ4n) is 4.43. The van der Waals surface area contributed by atoms with Crippen LogP contribution in [0.5, 0.6) is 5.75 Å². The van der Waals surface area contributed by atoms with E-state index in [-0.39, 0.29) is 11.2 Å². The molecular weight excluding hydrogens is 452 g/mol. The number of hydrogen-bond acceptors (Lipinski definition) is 5. The summed E-state index contributed by atoms with van der Waals surface area (Å²) in [5, 5.41) is 1.91. The smallest absolute Gasteiger partial charge is 0.332 e. The number of aromatic amines is 1. The molecule has 0 radical (unpaired) electrons. The van der Waals surface area contributed by atoms with Crippen LogP contribution in [0.4, 0.5) is 0 Å². The standard InChI is InChI=1S/C26H24N2O5S/c1-26(2)15-33-24-21(12-20(13-22(24)26)28-9-8-23(29)27-25(28)30)19-7-6-17-10-16(14-34(3,31)32)4-5-18(17)11-19/h4-13H,14-15H2,1-3H3,(H,27,29,30). The van der Waals surface area contributed by atoms with Crippen LogP contribution in [0.25, 0.3) is 27.6 Å². The summed E-state index contributed by atoms with van der Waals surface area (Å²) in [7, 11) is -3.12. The molecule has 1 aromatic heterocycles. The van der Waals surface area contributed by atoms with Gasteiger partial charge in [0.1, 0.15) is 5.75 Å². The maximum Gasteiger partial charge on any atom is 0.332 e. The van der Waals surface area contributed by atoms with Crippen LogP contribution < -0.4 is 16.0 Å². The second kappa shape index (κ2) is 7.70. The van der Waals surface area contributed by atoms with Crippen molar-refractivity contribution in [3.8, 4) is 22.6 Å². The Hall–Kier alpha value is -3.65. The van der Waals surface area contributed by atoms with E-state index in [4.69, 9.17) is 4.74 Å². The van der Waals surface area contributed by atoms with E-state index in [1.807, 2.05) is 48.5 Å². The van der Waals surface area contributed by atoms with Gasteiger partial charge in [-0.25, -0.2) is 13.2 Å². The van der Waals surface area contributed by atoms with E-state index >= 15 is 0 Å². The molecule has 1 N–H and O–H groups in total. The summed E-state index contributed by atoms with van der Waals surface area (Å²) in [6.45, 7) is 4.69. The molecule has 1 aliphatic heterocycles. The lowest BCUT2D eigenvalue weighted by Gasteiger charge is -2.18. The molecule has 174 valence electrons. The number of sulfone groups is 1. The van der Waals surface area contributed by atoms with Gasteiger partial charge in [-0.1, -0.05) is 44.2 Å². The molecule has 0 aliphatic carbocycles. The quantitative estimate of drug-likeness (QED) is 0.486. The van der Waals surface area contributed by atoms with Crippen molar-refractivity contribution in [1.82, 2.24) is 9.55 Å². The number of H-pyrrole nitrogens is 1. The van der Waals surface area contributed by atoms with Crippen LogP contribution in [0.15, 0.2) is 70.4 Å². The van der Waals surface area contributed by atoms with Crippen molar-refractivity contribution in [2.24, 2.45) is 0 Å². The molecule has 7 nitrogen and oxygen atoms in total. The first kappa shape index (κ1) is 22.2. The Morgan fingerprint density at radius 1 is 1.00 bits per heavy atom. The predicted molar refractivity (Wildman–Crippen MR) is 133 cm³/mol. The second-order valence-electron chi connectivity index (χ2n) is 9.49. The van der Waals surface area contributed by atoms with E-state index in [0.29, 0.717) is 12.3 Å². The maximum absolute atomic E-state index is 12.5. The highest BCUT2D eigenvalue weighted by atomic mass is 32.2. The number of benzene rings is 3. The monoisotopic (exact) mass is 476 g/mol. The summed E-state index contributed by atoms with van der Waals surface area (Å²) in [5.41, 5.74) is 2.92. The Balaban J connectivity index is 1.68. The predicted octanol–water partition coefficient (Wildman–Crippen LogP) is 3.56. The van der Waals surface area contributed by atoms with E-state index in [1.165, 1.54) is 23.1 Å². The fraction of sp³-hybridized carbons (Fsp3) is 0.231. The van der Waals surface area contributed by atoms with Crippen molar-refractivity contribution in [1.29, 1.82) is 0 Å². The molecule has 0 atom stereocenters. The van der Waals surface area contributed by atoms with E-state index in [1.54, 1.807) is 0 Å². The molecule has 1 aliphatic rings. The zero-order chi connectivity index (χ0) is 24.3. The number of nitrogens with one attached hydrogen (secondary N) is 1. The largest absolute Gasteiger partial charge is 0.492 e. The number of fused-ring (bicyclic) bond motifs is 2. The van der Waals surface area contributed by atoms with Gasteiger partial charge in [0.25, 0.3) is 5.56 Å². The summed E-state index contributed by atoms with van der Waals surface area (Å²) < 4.78 is 30.9. The summed E-state index contributed by atoms with van der Waals surface area (Å²) in [5.74, 6) is 0.774. The number of hydrogen-bond donors (Lipinski definition) is 1. The van der Waals surface area contributed by atoms with Crippen molar-refractivity contribution >= 4 is 20.6 Å². The SMILES string of the molecule is CC1(C)COc2c(-c3ccc4cc(CS(C)(=O)=O)ccc4c3)cc(-n3ccc(=O)[nH]c3=O)cc21.